The third-order valence-electron chi connectivity index (χ3n) is 3.27. The maximum absolute atomic E-state index is 12.5. The van der Waals surface area contributed by atoms with Gasteiger partial charge in [0.05, 0.1) is 0 Å². The summed E-state index contributed by atoms with van der Waals surface area (Å²) in [5, 5.41) is 6.50. The predicted octanol–water partition coefficient (Wildman–Crippen LogP) is 3.86. The molecule has 0 radical (unpaired) electrons. The standard InChI is InChI=1S/C17H17NO2S/c1-3-12(2)16(19)15(13-9-10-21-11-13)17(20)18-14-7-5-4-6-8-14/h3-12,15H,1H2,2H3,(H,18,20). The fraction of sp³-hybridized carbons (Fsp3) is 0.176. The second kappa shape index (κ2) is 6.99. The van der Waals surface area contributed by atoms with E-state index in [4.69, 9.17) is 0 Å². The van der Waals surface area contributed by atoms with E-state index in [0.717, 1.165) is 5.56 Å². The molecule has 1 aromatic carbocycles. The number of thiophene rings is 1. The first-order valence-electron chi connectivity index (χ1n) is 6.67. The lowest BCUT2D eigenvalue weighted by molar-refractivity contribution is -0.129. The number of allylic oxidation sites excluding steroid dienone is 1. The monoisotopic (exact) mass is 299 g/mol. The van der Waals surface area contributed by atoms with Crippen molar-refractivity contribution < 1.29 is 9.59 Å². The van der Waals surface area contributed by atoms with Crippen LogP contribution in [0.5, 0.6) is 0 Å². The van der Waals surface area contributed by atoms with Gasteiger partial charge in [0.25, 0.3) is 0 Å². The maximum Gasteiger partial charge on any atom is 0.239 e. The van der Waals surface area contributed by atoms with Gasteiger partial charge in [0.15, 0.2) is 5.78 Å². The van der Waals surface area contributed by atoms with Crippen molar-refractivity contribution in [3.05, 3.63) is 65.4 Å². The van der Waals surface area contributed by atoms with Gasteiger partial charge < -0.3 is 5.32 Å². The van der Waals surface area contributed by atoms with Gasteiger partial charge in [-0.3, -0.25) is 9.59 Å². The zero-order valence-corrected chi connectivity index (χ0v) is 12.6. The Labute approximate surface area is 128 Å². The highest BCUT2D eigenvalue weighted by Gasteiger charge is 2.31. The number of Topliss-reactive ketones (excluding diaryl/α,β-unsaturated/α-hetero) is 1. The van der Waals surface area contributed by atoms with Crippen molar-refractivity contribution in [1.82, 2.24) is 0 Å². The predicted molar refractivity (Wildman–Crippen MR) is 86.5 cm³/mol. The Hall–Kier alpha value is -2.20. The van der Waals surface area contributed by atoms with Crippen LogP contribution in [0.4, 0.5) is 5.69 Å². The van der Waals surface area contributed by atoms with E-state index in [9.17, 15) is 9.59 Å². The lowest BCUT2D eigenvalue weighted by atomic mass is 9.89. The number of para-hydroxylation sites is 1. The molecule has 1 N–H and O–H groups in total. The third kappa shape index (κ3) is 3.67. The molecule has 1 amide bonds. The van der Waals surface area contributed by atoms with Crippen LogP contribution in [0.2, 0.25) is 0 Å². The quantitative estimate of drug-likeness (QED) is 0.650. The first-order chi connectivity index (χ1) is 10.1. The van der Waals surface area contributed by atoms with Crippen molar-refractivity contribution >= 4 is 28.7 Å². The van der Waals surface area contributed by atoms with Gasteiger partial charge in [-0.25, -0.2) is 0 Å². The summed E-state index contributed by atoms with van der Waals surface area (Å²) >= 11 is 1.47. The molecule has 0 spiro atoms. The molecule has 108 valence electrons. The summed E-state index contributed by atoms with van der Waals surface area (Å²) in [4.78, 5) is 25.0. The Morgan fingerprint density at radius 3 is 2.52 bits per heavy atom. The maximum atomic E-state index is 12.5. The number of amides is 1. The summed E-state index contributed by atoms with van der Waals surface area (Å²) in [6, 6.07) is 10.9. The largest absolute Gasteiger partial charge is 0.325 e. The minimum Gasteiger partial charge on any atom is -0.325 e. The van der Waals surface area contributed by atoms with Crippen LogP contribution in [0.3, 0.4) is 0 Å². The van der Waals surface area contributed by atoms with Crippen LogP contribution >= 0.6 is 11.3 Å². The average molecular weight is 299 g/mol. The SMILES string of the molecule is C=CC(C)C(=O)C(C(=O)Nc1ccccc1)c1ccsc1. The topological polar surface area (TPSA) is 46.2 Å². The second-order valence-corrected chi connectivity index (χ2v) is 5.55. The molecule has 0 saturated heterocycles. The Bertz CT molecular complexity index is 620. The molecule has 0 aliphatic carbocycles. The molecule has 0 fully saturated rings. The van der Waals surface area contributed by atoms with Crippen LogP contribution < -0.4 is 5.32 Å². The Balaban J connectivity index is 2.25. The molecule has 0 aliphatic heterocycles. The van der Waals surface area contributed by atoms with Crippen LogP contribution in [0, 0.1) is 5.92 Å². The van der Waals surface area contributed by atoms with Crippen LogP contribution in [-0.2, 0) is 9.59 Å². The number of rotatable bonds is 6. The van der Waals surface area contributed by atoms with Crippen LogP contribution in [0.25, 0.3) is 0 Å². The lowest BCUT2D eigenvalue weighted by Crippen LogP contribution is -2.30. The molecular formula is C17H17NO2S. The van der Waals surface area contributed by atoms with E-state index in [0.29, 0.717) is 5.69 Å². The summed E-state index contributed by atoms with van der Waals surface area (Å²) in [6.07, 6.45) is 1.57. The Morgan fingerprint density at radius 1 is 1.24 bits per heavy atom. The molecule has 0 bridgehead atoms. The van der Waals surface area contributed by atoms with Gasteiger partial charge in [-0.1, -0.05) is 31.2 Å². The molecule has 21 heavy (non-hydrogen) atoms. The van der Waals surface area contributed by atoms with E-state index in [1.165, 1.54) is 11.3 Å². The molecular weight excluding hydrogens is 282 g/mol. The van der Waals surface area contributed by atoms with Crippen molar-refractivity contribution in [3.63, 3.8) is 0 Å². The normalized spacial score (nSPS) is 13.2. The van der Waals surface area contributed by atoms with E-state index in [1.807, 2.05) is 35.0 Å². The number of anilines is 1. The molecule has 1 heterocycles. The highest BCUT2D eigenvalue weighted by molar-refractivity contribution is 7.08. The number of benzene rings is 1. The Morgan fingerprint density at radius 2 is 1.95 bits per heavy atom. The van der Waals surface area contributed by atoms with Gasteiger partial charge >= 0.3 is 0 Å². The first kappa shape index (κ1) is 15.2. The van der Waals surface area contributed by atoms with Crippen molar-refractivity contribution in [1.29, 1.82) is 0 Å². The van der Waals surface area contributed by atoms with Gasteiger partial charge in [0.2, 0.25) is 5.91 Å². The zero-order valence-electron chi connectivity index (χ0n) is 11.8. The van der Waals surface area contributed by atoms with Gasteiger partial charge in [-0.2, -0.15) is 11.3 Å². The van der Waals surface area contributed by atoms with Crippen LogP contribution in [0.1, 0.15) is 18.4 Å². The number of hydrogen-bond donors (Lipinski definition) is 1. The molecule has 2 rings (SSSR count). The molecule has 0 saturated carbocycles. The molecule has 3 nitrogen and oxygen atoms in total. The second-order valence-electron chi connectivity index (χ2n) is 4.77. The van der Waals surface area contributed by atoms with E-state index in [1.54, 1.807) is 25.1 Å². The summed E-state index contributed by atoms with van der Waals surface area (Å²) in [6.45, 7) is 5.39. The number of ketones is 1. The fourth-order valence-electron chi connectivity index (χ4n) is 2.00. The summed E-state index contributed by atoms with van der Waals surface area (Å²) in [5.41, 5.74) is 1.41. The van der Waals surface area contributed by atoms with E-state index in [-0.39, 0.29) is 17.6 Å². The van der Waals surface area contributed by atoms with Crippen molar-refractivity contribution in [2.24, 2.45) is 5.92 Å². The molecule has 4 heteroatoms. The number of carbonyl (C=O) groups excluding carboxylic acids is 2. The first-order valence-corrected chi connectivity index (χ1v) is 7.62. The molecule has 2 aromatic rings. The molecule has 0 aliphatic rings. The van der Waals surface area contributed by atoms with Crippen molar-refractivity contribution in [2.75, 3.05) is 5.32 Å². The highest BCUT2D eigenvalue weighted by Crippen LogP contribution is 2.25. The average Bonchev–Trinajstić information content (AvgIpc) is 3.01. The fourth-order valence-corrected chi connectivity index (χ4v) is 2.69. The van der Waals surface area contributed by atoms with Gasteiger partial charge in [-0.05, 0) is 34.5 Å². The van der Waals surface area contributed by atoms with Crippen molar-refractivity contribution in [3.8, 4) is 0 Å². The number of carbonyl (C=O) groups is 2. The summed E-state index contributed by atoms with van der Waals surface area (Å²) in [5.74, 6) is -1.61. The van der Waals surface area contributed by atoms with E-state index < -0.39 is 5.92 Å². The van der Waals surface area contributed by atoms with Gasteiger partial charge in [0, 0.05) is 11.6 Å². The molecule has 2 unspecified atom stereocenters. The highest BCUT2D eigenvalue weighted by atomic mass is 32.1. The van der Waals surface area contributed by atoms with Crippen molar-refractivity contribution in [2.45, 2.75) is 12.8 Å². The molecule has 1 aromatic heterocycles. The third-order valence-corrected chi connectivity index (χ3v) is 3.97. The zero-order chi connectivity index (χ0) is 15.2. The molecule has 2 atom stereocenters. The minimum absolute atomic E-state index is 0.142. The number of hydrogen-bond acceptors (Lipinski definition) is 3. The van der Waals surface area contributed by atoms with Gasteiger partial charge in [0.1, 0.15) is 5.92 Å². The lowest BCUT2D eigenvalue weighted by Gasteiger charge is -2.17. The van der Waals surface area contributed by atoms with Crippen LogP contribution in [-0.4, -0.2) is 11.7 Å². The van der Waals surface area contributed by atoms with Crippen LogP contribution in [0.15, 0.2) is 59.8 Å². The van der Waals surface area contributed by atoms with E-state index in [2.05, 4.69) is 11.9 Å². The number of nitrogens with one attached hydrogen (secondary N) is 1. The van der Waals surface area contributed by atoms with E-state index >= 15 is 0 Å². The van der Waals surface area contributed by atoms with Gasteiger partial charge in [-0.15, -0.1) is 6.58 Å². The smallest absolute Gasteiger partial charge is 0.239 e. The summed E-state index contributed by atoms with van der Waals surface area (Å²) in [7, 11) is 0. The minimum atomic E-state index is -0.801. The Kier molecular flexibility index (Phi) is 5.06. The summed E-state index contributed by atoms with van der Waals surface area (Å²) < 4.78 is 0.